The first-order valence-electron chi connectivity index (χ1n) is 6.31. The fourth-order valence-corrected chi connectivity index (χ4v) is 2.50. The van der Waals surface area contributed by atoms with Gasteiger partial charge in [-0.3, -0.25) is 4.90 Å². The van der Waals surface area contributed by atoms with Gasteiger partial charge in [-0.25, -0.2) is 0 Å². The van der Waals surface area contributed by atoms with Crippen molar-refractivity contribution >= 4 is 0 Å². The molecule has 0 spiro atoms. The molecule has 0 saturated carbocycles. The topological polar surface area (TPSA) is 24.5 Å². The molecular formula is C14H22N2O. The van der Waals surface area contributed by atoms with Gasteiger partial charge in [0.15, 0.2) is 0 Å². The number of nitrogens with zero attached hydrogens (tertiary/aromatic N) is 1. The summed E-state index contributed by atoms with van der Waals surface area (Å²) in [5.74, 6) is 1.75. The summed E-state index contributed by atoms with van der Waals surface area (Å²) in [6, 6.07) is 8.39. The van der Waals surface area contributed by atoms with Gasteiger partial charge in [-0.15, -0.1) is 0 Å². The number of nitrogens with one attached hydrogen (secondary N) is 1. The van der Waals surface area contributed by atoms with E-state index in [1.165, 1.54) is 25.1 Å². The molecule has 1 aromatic rings. The molecule has 1 aliphatic heterocycles. The molecule has 1 heterocycles. The molecule has 1 aliphatic rings. The van der Waals surface area contributed by atoms with E-state index < -0.39 is 0 Å². The molecule has 1 unspecified atom stereocenters. The average Bonchev–Trinajstić information content (AvgIpc) is 2.78. The molecule has 1 fully saturated rings. The molecule has 2 rings (SSSR count). The van der Waals surface area contributed by atoms with Crippen molar-refractivity contribution < 1.29 is 4.74 Å². The third-order valence-corrected chi connectivity index (χ3v) is 3.43. The Labute approximate surface area is 104 Å². The summed E-state index contributed by atoms with van der Waals surface area (Å²) in [5.41, 5.74) is 1.37. The van der Waals surface area contributed by atoms with Crippen molar-refractivity contribution in [3.05, 3.63) is 29.8 Å². The number of hydrogen-bond donors (Lipinski definition) is 1. The van der Waals surface area contributed by atoms with Gasteiger partial charge in [0, 0.05) is 13.1 Å². The zero-order valence-electron chi connectivity index (χ0n) is 10.8. The van der Waals surface area contributed by atoms with E-state index >= 15 is 0 Å². The van der Waals surface area contributed by atoms with Gasteiger partial charge in [0.2, 0.25) is 0 Å². The maximum Gasteiger partial charge on any atom is 0.118 e. The van der Waals surface area contributed by atoms with E-state index in [1.54, 1.807) is 7.11 Å². The van der Waals surface area contributed by atoms with Crippen molar-refractivity contribution in [2.45, 2.75) is 13.0 Å². The van der Waals surface area contributed by atoms with E-state index in [0.29, 0.717) is 0 Å². The van der Waals surface area contributed by atoms with Crippen molar-refractivity contribution in [2.75, 3.05) is 33.8 Å². The zero-order valence-corrected chi connectivity index (χ0v) is 10.8. The van der Waals surface area contributed by atoms with Crippen LogP contribution >= 0.6 is 0 Å². The van der Waals surface area contributed by atoms with Crippen LogP contribution in [0.3, 0.4) is 0 Å². The van der Waals surface area contributed by atoms with E-state index in [4.69, 9.17) is 4.74 Å². The Morgan fingerprint density at radius 3 is 2.76 bits per heavy atom. The van der Waals surface area contributed by atoms with Crippen LogP contribution in [-0.4, -0.2) is 38.7 Å². The molecule has 1 saturated heterocycles. The molecule has 3 nitrogen and oxygen atoms in total. The smallest absolute Gasteiger partial charge is 0.118 e. The quantitative estimate of drug-likeness (QED) is 0.840. The van der Waals surface area contributed by atoms with E-state index in [1.807, 2.05) is 19.2 Å². The van der Waals surface area contributed by atoms with Crippen LogP contribution in [0.5, 0.6) is 5.75 Å². The van der Waals surface area contributed by atoms with Crippen molar-refractivity contribution in [3.63, 3.8) is 0 Å². The van der Waals surface area contributed by atoms with Crippen molar-refractivity contribution in [1.29, 1.82) is 0 Å². The van der Waals surface area contributed by atoms with Crippen LogP contribution in [0.1, 0.15) is 12.0 Å². The normalized spacial score (nSPS) is 20.7. The third-order valence-electron chi connectivity index (χ3n) is 3.43. The Kier molecular flexibility index (Phi) is 4.40. The highest BCUT2D eigenvalue weighted by molar-refractivity contribution is 5.27. The number of likely N-dealkylation sites (tertiary alicyclic amines) is 1. The maximum atomic E-state index is 5.17. The lowest BCUT2D eigenvalue weighted by molar-refractivity contribution is 0.315. The van der Waals surface area contributed by atoms with Gasteiger partial charge in [0.25, 0.3) is 0 Å². The fourth-order valence-electron chi connectivity index (χ4n) is 2.50. The lowest BCUT2D eigenvalue weighted by Crippen LogP contribution is -2.24. The van der Waals surface area contributed by atoms with Gasteiger partial charge < -0.3 is 10.1 Å². The monoisotopic (exact) mass is 234 g/mol. The van der Waals surface area contributed by atoms with Crippen LogP contribution in [0.4, 0.5) is 0 Å². The molecule has 94 valence electrons. The molecule has 0 aliphatic carbocycles. The largest absolute Gasteiger partial charge is 0.497 e. The van der Waals surface area contributed by atoms with Crippen LogP contribution in [0, 0.1) is 5.92 Å². The van der Waals surface area contributed by atoms with Gasteiger partial charge in [0.05, 0.1) is 7.11 Å². The minimum absolute atomic E-state index is 0.818. The predicted octanol–water partition coefficient (Wildman–Crippen LogP) is 1.74. The molecule has 1 aromatic carbocycles. The van der Waals surface area contributed by atoms with E-state index in [-0.39, 0.29) is 0 Å². The fraction of sp³-hybridized carbons (Fsp3) is 0.571. The molecule has 0 amide bonds. The summed E-state index contributed by atoms with van der Waals surface area (Å²) >= 11 is 0. The summed E-state index contributed by atoms with van der Waals surface area (Å²) in [5, 5.41) is 3.27. The summed E-state index contributed by atoms with van der Waals surface area (Å²) in [6.07, 6.45) is 1.32. The first-order chi connectivity index (χ1) is 8.31. The second-order valence-corrected chi connectivity index (χ2v) is 4.80. The number of hydrogen-bond acceptors (Lipinski definition) is 3. The van der Waals surface area contributed by atoms with E-state index in [0.717, 1.165) is 24.8 Å². The second kappa shape index (κ2) is 6.03. The Morgan fingerprint density at radius 1 is 1.35 bits per heavy atom. The van der Waals surface area contributed by atoms with Crippen molar-refractivity contribution in [2.24, 2.45) is 5.92 Å². The van der Waals surface area contributed by atoms with Crippen LogP contribution in [0.25, 0.3) is 0 Å². The highest BCUT2D eigenvalue weighted by Crippen LogP contribution is 2.19. The third kappa shape index (κ3) is 3.45. The molecule has 0 aromatic heterocycles. The second-order valence-electron chi connectivity index (χ2n) is 4.80. The molecule has 3 heteroatoms. The summed E-state index contributed by atoms with van der Waals surface area (Å²) < 4.78 is 5.17. The first kappa shape index (κ1) is 12.4. The minimum Gasteiger partial charge on any atom is -0.497 e. The number of ether oxygens (including phenoxy) is 1. The predicted molar refractivity (Wildman–Crippen MR) is 70.3 cm³/mol. The molecular weight excluding hydrogens is 212 g/mol. The van der Waals surface area contributed by atoms with Crippen LogP contribution < -0.4 is 10.1 Å². The molecule has 1 N–H and O–H groups in total. The summed E-state index contributed by atoms with van der Waals surface area (Å²) in [4.78, 5) is 2.53. The highest BCUT2D eigenvalue weighted by atomic mass is 16.5. The van der Waals surface area contributed by atoms with E-state index in [9.17, 15) is 0 Å². The van der Waals surface area contributed by atoms with E-state index in [2.05, 4.69) is 22.3 Å². The molecule has 0 bridgehead atoms. The Hall–Kier alpha value is -1.06. The Bertz CT molecular complexity index is 337. The minimum atomic E-state index is 0.818. The van der Waals surface area contributed by atoms with Gasteiger partial charge >= 0.3 is 0 Å². The summed E-state index contributed by atoms with van der Waals surface area (Å²) in [7, 11) is 3.74. The number of benzene rings is 1. The van der Waals surface area contributed by atoms with Gasteiger partial charge in [-0.1, -0.05) is 12.1 Å². The van der Waals surface area contributed by atoms with Gasteiger partial charge in [0.1, 0.15) is 5.75 Å². The van der Waals surface area contributed by atoms with Crippen LogP contribution in [0.2, 0.25) is 0 Å². The SMILES string of the molecule is CNCC1CCN(Cc2ccc(OC)cc2)C1. The molecule has 1 atom stereocenters. The van der Waals surface area contributed by atoms with Crippen LogP contribution in [-0.2, 0) is 6.54 Å². The van der Waals surface area contributed by atoms with Gasteiger partial charge in [-0.2, -0.15) is 0 Å². The average molecular weight is 234 g/mol. The first-order valence-corrected chi connectivity index (χ1v) is 6.31. The Balaban J connectivity index is 1.84. The molecule has 17 heavy (non-hydrogen) atoms. The number of rotatable bonds is 5. The van der Waals surface area contributed by atoms with Crippen molar-refractivity contribution in [1.82, 2.24) is 10.2 Å². The summed E-state index contributed by atoms with van der Waals surface area (Å²) in [6.45, 7) is 4.63. The Morgan fingerprint density at radius 2 is 2.12 bits per heavy atom. The zero-order chi connectivity index (χ0) is 12.1. The molecule has 0 radical (unpaired) electrons. The lowest BCUT2D eigenvalue weighted by atomic mass is 10.1. The van der Waals surface area contributed by atoms with Gasteiger partial charge in [-0.05, 0) is 50.2 Å². The highest BCUT2D eigenvalue weighted by Gasteiger charge is 2.21. The van der Waals surface area contributed by atoms with Crippen LogP contribution in [0.15, 0.2) is 24.3 Å². The lowest BCUT2D eigenvalue weighted by Gasteiger charge is -2.16. The maximum absolute atomic E-state index is 5.17. The van der Waals surface area contributed by atoms with Crippen molar-refractivity contribution in [3.8, 4) is 5.75 Å². The standard InChI is InChI=1S/C14H22N2O/c1-15-9-13-7-8-16(11-13)10-12-3-5-14(17-2)6-4-12/h3-6,13,15H,7-11H2,1-2H3. The number of methoxy groups -OCH3 is 1.